The summed E-state index contributed by atoms with van der Waals surface area (Å²) in [5.74, 6) is -3.54. The summed E-state index contributed by atoms with van der Waals surface area (Å²) >= 11 is 0. The fraction of sp³-hybridized carbons (Fsp3) is 0.242. The summed E-state index contributed by atoms with van der Waals surface area (Å²) in [6.45, 7) is 0.128. The SMILES string of the molecule is NC(=O)C1=C(O)CC2CC3Cc4c(-c5ccc6c(c5)OCO6)cc(-c5ccc6c(c5)OCO6)c(O)c4C(=O)C3=C(N=O)C2C1=O. The molecule has 3 aromatic carbocycles. The van der Waals surface area contributed by atoms with Gasteiger partial charge in [-0.25, -0.2) is 0 Å². The Labute approximate surface area is 254 Å². The minimum atomic E-state index is -1.22. The van der Waals surface area contributed by atoms with E-state index in [1.165, 1.54) is 0 Å². The van der Waals surface area contributed by atoms with Crippen LogP contribution in [0.15, 0.2) is 70.2 Å². The van der Waals surface area contributed by atoms with Crippen LogP contribution in [0.2, 0.25) is 0 Å². The van der Waals surface area contributed by atoms with Gasteiger partial charge in [0.1, 0.15) is 22.8 Å². The summed E-state index contributed by atoms with van der Waals surface area (Å²) in [6, 6.07) is 12.4. The standard InChI is InChI=1S/C33H24N2O10/c34-33(40)28-20(36)7-16-5-15-6-19-17(13-1-3-21-23(8-13)44-11-42-21)10-18(14-2-4-22-24(9-14)45-12-43-22)30(37)27(19)31(38)25(15)29(35-41)26(16)32(28)39/h1-4,8-10,15-16,26,36-37H,5-7,11-12H2,(H2,34,40). The van der Waals surface area contributed by atoms with Crippen molar-refractivity contribution in [3.05, 3.63) is 81.1 Å². The number of nitroso groups, excluding NO2 is 1. The average molecular weight is 609 g/mol. The number of fused-ring (bicyclic) bond motifs is 5. The molecule has 12 nitrogen and oxygen atoms in total. The highest BCUT2D eigenvalue weighted by molar-refractivity contribution is 6.22. The normalized spacial score (nSPS) is 22.6. The van der Waals surface area contributed by atoms with Crippen LogP contribution in [0.3, 0.4) is 0 Å². The number of ether oxygens (including phenoxy) is 4. The Morgan fingerprint density at radius 2 is 1.47 bits per heavy atom. The molecule has 0 bridgehead atoms. The van der Waals surface area contributed by atoms with E-state index in [1.54, 1.807) is 36.4 Å². The van der Waals surface area contributed by atoms with Crippen LogP contribution in [0.1, 0.15) is 28.8 Å². The second kappa shape index (κ2) is 9.68. The van der Waals surface area contributed by atoms with Crippen molar-refractivity contribution in [2.75, 3.05) is 13.6 Å². The van der Waals surface area contributed by atoms with E-state index in [4.69, 9.17) is 24.7 Å². The Morgan fingerprint density at radius 3 is 2.09 bits per heavy atom. The van der Waals surface area contributed by atoms with Gasteiger partial charge in [0, 0.05) is 17.6 Å². The van der Waals surface area contributed by atoms with E-state index in [2.05, 4.69) is 5.18 Å². The van der Waals surface area contributed by atoms with Crippen molar-refractivity contribution in [1.29, 1.82) is 0 Å². The van der Waals surface area contributed by atoms with E-state index in [1.807, 2.05) is 6.07 Å². The molecule has 3 aliphatic carbocycles. The lowest BCUT2D eigenvalue weighted by molar-refractivity contribution is -0.125. The van der Waals surface area contributed by atoms with Crippen molar-refractivity contribution in [1.82, 2.24) is 0 Å². The molecule has 0 fully saturated rings. The van der Waals surface area contributed by atoms with Crippen molar-refractivity contribution >= 4 is 17.5 Å². The Morgan fingerprint density at radius 1 is 0.844 bits per heavy atom. The highest BCUT2D eigenvalue weighted by atomic mass is 16.7. The first-order valence-electron chi connectivity index (χ1n) is 14.3. The number of carbonyl (C=O) groups is 3. The summed E-state index contributed by atoms with van der Waals surface area (Å²) in [5, 5.41) is 25.5. The number of aliphatic hydroxyl groups excluding tert-OH is 1. The van der Waals surface area contributed by atoms with Crippen molar-refractivity contribution in [2.45, 2.75) is 19.3 Å². The predicted octanol–water partition coefficient (Wildman–Crippen LogP) is 4.47. The summed E-state index contributed by atoms with van der Waals surface area (Å²) in [5.41, 5.74) is 7.31. The first-order valence-corrected chi connectivity index (χ1v) is 14.3. The van der Waals surface area contributed by atoms with Crippen LogP contribution in [0, 0.1) is 22.7 Å². The highest BCUT2D eigenvalue weighted by Gasteiger charge is 2.51. The number of rotatable bonds is 4. The Kier molecular flexibility index (Phi) is 5.79. The van der Waals surface area contributed by atoms with Crippen LogP contribution in [0.25, 0.3) is 22.3 Å². The second-order valence-corrected chi connectivity index (χ2v) is 11.7. The number of nitrogens with two attached hydrogens (primary N) is 1. The van der Waals surface area contributed by atoms with Gasteiger partial charge < -0.3 is 34.9 Å². The number of phenolic OH excluding ortho intramolecular Hbond substituents is 1. The van der Waals surface area contributed by atoms with Gasteiger partial charge in [-0.3, -0.25) is 14.4 Å². The molecule has 45 heavy (non-hydrogen) atoms. The first kappa shape index (κ1) is 26.9. The molecule has 4 N–H and O–H groups in total. The number of benzene rings is 3. The van der Waals surface area contributed by atoms with Gasteiger partial charge in [0.25, 0.3) is 5.91 Å². The van der Waals surface area contributed by atoms with E-state index >= 15 is 0 Å². The molecular weight excluding hydrogens is 584 g/mol. The maximum Gasteiger partial charge on any atom is 0.255 e. The van der Waals surface area contributed by atoms with Gasteiger partial charge in [-0.2, -0.15) is 0 Å². The number of primary amides is 1. The third-order valence-electron chi connectivity index (χ3n) is 9.35. The molecule has 3 atom stereocenters. The molecule has 0 saturated heterocycles. The van der Waals surface area contributed by atoms with E-state index in [-0.39, 0.29) is 55.4 Å². The van der Waals surface area contributed by atoms with Gasteiger partial charge in [0.15, 0.2) is 34.6 Å². The molecule has 0 aromatic heterocycles. The highest BCUT2D eigenvalue weighted by Crippen LogP contribution is 2.54. The average Bonchev–Trinajstić information content (AvgIpc) is 3.69. The number of phenols is 1. The second-order valence-electron chi connectivity index (χ2n) is 11.7. The van der Waals surface area contributed by atoms with E-state index < -0.39 is 46.6 Å². The number of amides is 1. The molecule has 0 spiro atoms. The van der Waals surface area contributed by atoms with Crippen LogP contribution in [-0.2, 0) is 16.0 Å². The molecule has 5 aliphatic rings. The first-order chi connectivity index (χ1) is 21.7. The smallest absolute Gasteiger partial charge is 0.255 e. The molecule has 12 heteroatoms. The van der Waals surface area contributed by atoms with Crippen LogP contribution >= 0.6 is 0 Å². The molecule has 226 valence electrons. The lowest BCUT2D eigenvalue weighted by atomic mass is 9.61. The van der Waals surface area contributed by atoms with Crippen LogP contribution in [0.4, 0.5) is 0 Å². The number of aliphatic hydroxyl groups is 1. The fourth-order valence-corrected chi connectivity index (χ4v) is 7.42. The number of aromatic hydroxyl groups is 1. The van der Waals surface area contributed by atoms with Crippen molar-refractivity contribution in [2.24, 2.45) is 28.7 Å². The maximum atomic E-state index is 14.5. The monoisotopic (exact) mass is 608 g/mol. The van der Waals surface area contributed by atoms with Crippen molar-refractivity contribution in [3.8, 4) is 51.0 Å². The van der Waals surface area contributed by atoms with Crippen LogP contribution < -0.4 is 24.7 Å². The number of hydrogen-bond acceptors (Lipinski definition) is 11. The van der Waals surface area contributed by atoms with Gasteiger partial charge in [-0.1, -0.05) is 12.1 Å². The van der Waals surface area contributed by atoms with Gasteiger partial charge >= 0.3 is 0 Å². The van der Waals surface area contributed by atoms with Crippen molar-refractivity contribution in [3.63, 3.8) is 0 Å². The number of carbonyl (C=O) groups excluding carboxylic acids is 3. The summed E-state index contributed by atoms with van der Waals surface area (Å²) in [4.78, 5) is 52.3. The topological polar surface area (TPSA) is 184 Å². The van der Waals surface area contributed by atoms with Gasteiger partial charge in [0.2, 0.25) is 13.6 Å². The lowest BCUT2D eigenvalue weighted by Crippen LogP contribution is -2.43. The molecule has 1 amide bonds. The molecule has 3 unspecified atom stereocenters. The van der Waals surface area contributed by atoms with E-state index in [9.17, 15) is 29.5 Å². The number of nitrogens with zero attached hydrogens (tertiary/aromatic N) is 1. The zero-order valence-electron chi connectivity index (χ0n) is 23.5. The minimum absolute atomic E-state index is 0.0135. The Bertz CT molecular complexity index is 1980. The third kappa shape index (κ3) is 3.88. The lowest BCUT2D eigenvalue weighted by Gasteiger charge is -2.41. The summed E-state index contributed by atoms with van der Waals surface area (Å²) in [6.07, 6.45) is 0.428. The molecule has 0 saturated carbocycles. The number of ketones is 2. The summed E-state index contributed by atoms with van der Waals surface area (Å²) in [7, 11) is 0. The van der Waals surface area contributed by atoms with Gasteiger partial charge in [0.05, 0.1) is 11.5 Å². The molecule has 2 heterocycles. The molecule has 0 radical (unpaired) electrons. The number of Topliss-reactive ketones (excluding diaryl/α,β-unsaturated/α-hetero) is 2. The van der Waals surface area contributed by atoms with Crippen LogP contribution in [0.5, 0.6) is 28.7 Å². The largest absolute Gasteiger partial charge is 0.511 e. The molecule has 3 aromatic rings. The zero-order valence-corrected chi connectivity index (χ0v) is 23.5. The molecule has 8 rings (SSSR count). The van der Waals surface area contributed by atoms with Gasteiger partial charge in [-0.05, 0) is 82.4 Å². The predicted molar refractivity (Wildman–Crippen MR) is 156 cm³/mol. The Hall–Kier alpha value is -5.65. The maximum absolute atomic E-state index is 14.5. The quantitative estimate of drug-likeness (QED) is 0.282. The third-order valence-corrected chi connectivity index (χ3v) is 9.35. The molecule has 2 aliphatic heterocycles. The van der Waals surface area contributed by atoms with Crippen molar-refractivity contribution < 1.29 is 43.5 Å². The number of allylic oxidation sites excluding steroid dienone is 3. The fourth-order valence-electron chi connectivity index (χ4n) is 7.42. The minimum Gasteiger partial charge on any atom is -0.511 e. The van der Waals surface area contributed by atoms with E-state index in [0.29, 0.717) is 50.8 Å². The summed E-state index contributed by atoms with van der Waals surface area (Å²) < 4.78 is 22.1. The van der Waals surface area contributed by atoms with Crippen LogP contribution in [-0.4, -0.2) is 41.3 Å². The number of hydrogen-bond donors (Lipinski definition) is 3. The van der Waals surface area contributed by atoms with E-state index in [0.717, 1.165) is 0 Å². The van der Waals surface area contributed by atoms with Gasteiger partial charge in [-0.15, -0.1) is 4.91 Å². The Balaban J connectivity index is 1.34. The molecular formula is C33H24N2O10. The zero-order chi connectivity index (χ0) is 31.1.